The molecule has 0 saturated carbocycles. The lowest BCUT2D eigenvalue weighted by molar-refractivity contribution is -0.152. The highest BCUT2D eigenvalue weighted by atomic mass is 16.5. The maximum atomic E-state index is 12.5. The van der Waals surface area contributed by atoms with Crippen molar-refractivity contribution in [3.63, 3.8) is 0 Å². The number of carbonyl (C=O) groups is 4. The molecule has 10 nitrogen and oxygen atoms in total. The van der Waals surface area contributed by atoms with Crippen molar-refractivity contribution >= 4 is 29.4 Å². The Balaban J connectivity index is 1.28. The van der Waals surface area contributed by atoms with Crippen LogP contribution in [0.25, 0.3) is 0 Å². The van der Waals surface area contributed by atoms with Crippen LogP contribution in [0.3, 0.4) is 0 Å². The average molecular weight is 485 g/mol. The molecule has 1 aromatic heterocycles. The molecule has 3 amide bonds. The van der Waals surface area contributed by atoms with Crippen LogP contribution in [0.5, 0.6) is 0 Å². The fourth-order valence-electron chi connectivity index (χ4n) is 3.78. The molecule has 2 N–H and O–H groups in total. The molecule has 1 aliphatic rings. The molecule has 10 heteroatoms. The normalized spacial score (nSPS) is 13.8. The van der Waals surface area contributed by atoms with Gasteiger partial charge in [0.2, 0.25) is 5.91 Å². The van der Waals surface area contributed by atoms with E-state index in [1.54, 1.807) is 17.0 Å². The number of nitrogens with zero attached hydrogens (tertiary/aromatic N) is 2. The highest BCUT2D eigenvalue weighted by Gasteiger charge is 2.23. The third kappa shape index (κ3) is 7.96. The molecule has 188 valence electrons. The van der Waals surface area contributed by atoms with Crippen LogP contribution in [-0.2, 0) is 19.1 Å². The lowest BCUT2D eigenvalue weighted by Crippen LogP contribution is -2.51. The first-order chi connectivity index (χ1) is 16.8. The van der Waals surface area contributed by atoms with Crippen LogP contribution < -0.4 is 10.6 Å². The molecule has 2 aromatic rings. The van der Waals surface area contributed by atoms with E-state index >= 15 is 0 Å². The smallest absolute Gasteiger partial charge is 0.306 e. The van der Waals surface area contributed by atoms with Crippen LogP contribution in [0.4, 0.5) is 5.69 Å². The number of aryl methyl sites for hydroxylation is 2. The van der Waals surface area contributed by atoms with E-state index in [-0.39, 0.29) is 43.1 Å². The molecule has 1 aliphatic heterocycles. The van der Waals surface area contributed by atoms with Crippen molar-refractivity contribution in [2.24, 2.45) is 0 Å². The molecule has 0 bridgehead atoms. The quantitative estimate of drug-likeness (QED) is 0.389. The number of hydrogen-bond donors (Lipinski definition) is 2. The van der Waals surface area contributed by atoms with Crippen LogP contribution in [-0.4, -0.2) is 79.4 Å². The molecule has 0 atom stereocenters. The number of rotatable bonds is 10. The van der Waals surface area contributed by atoms with Crippen LogP contribution in [0.1, 0.15) is 34.5 Å². The standard InChI is InChI=1S/C25H32N4O6/c1-18-6-3-7-19(2)24(18)27-21(30)16-28-11-13-29(14-12-28)22(31)17-35-23(32)9-4-10-26-25(33)20-8-5-15-34-20/h3,5-8,15H,4,9-14,16-17H2,1-2H3,(H,26,33)(H,27,30). The molecular formula is C25H32N4O6. The predicted octanol–water partition coefficient (Wildman–Crippen LogP) is 1.73. The monoisotopic (exact) mass is 484 g/mol. The van der Waals surface area contributed by atoms with Gasteiger partial charge in [-0.15, -0.1) is 0 Å². The number of esters is 1. The van der Waals surface area contributed by atoms with Gasteiger partial charge in [-0.2, -0.15) is 0 Å². The van der Waals surface area contributed by atoms with Gasteiger partial charge in [-0.3, -0.25) is 24.1 Å². The van der Waals surface area contributed by atoms with Crippen LogP contribution in [0.15, 0.2) is 41.0 Å². The lowest BCUT2D eigenvalue weighted by atomic mass is 10.1. The van der Waals surface area contributed by atoms with Crippen molar-refractivity contribution in [1.29, 1.82) is 0 Å². The topological polar surface area (TPSA) is 121 Å². The number of amides is 3. The van der Waals surface area contributed by atoms with Crippen molar-refractivity contribution in [2.45, 2.75) is 26.7 Å². The van der Waals surface area contributed by atoms with Crippen LogP contribution in [0, 0.1) is 13.8 Å². The van der Waals surface area contributed by atoms with Crippen molar-refractivity contribution in [2.75, 3.05) is 51.2 Å². The molecule has 1 saturated heterocycles. The Hall–Kier alpha value is -3.66. The predicted molar refractivity (Wildman–Crippen MR) is 129 cm³/mol. The zero-order valence-electron chi connectivity index (χ0n) is 20.2. The van der Waals surface area contributed by atoms with Crippen molar-refractivity contribution in [3.8, 4) is 0 Å². The molecule has 2 heterocycles. The molecular weight excluding hydrogens is 452 g/mol. The van der Waals surface area contributed by atoms with E-state index in [2.05, 4.69) is 10.6 Å². The Morgan fingerprint density at radius 3 is 2.37 bits per heavy atom. The molecule has 0 radical (unpaired) electrons. The Kier molecular flexibility index (Phi) is 9.42. The SMILES string of the molecule is Cc1cccc(C)c1NC(=O)CN1CCN(C(=O)COC(=O)CCCNC(=O)c2ccco2)CC1. The number of nitrogens with one attached hydrogen (secondary N) is 2. The maximum absolute atomic E-state index is 12.5. The van der Waals surface area contributed by atoms with Gasteiger partial charge in [0.05, 0.1) is 12.8 Å². The van der Waals surface area contributed by atoms with Gasteiger partial charge in [-0.25, -0.2) is 0 Å². The van der Waals surface area contributed by atoms with E-state index in [0.717, 1.165) is 16.8 Å². The second-order valence-corrected chi connectivity index (χ2v) is 8.47. The third-order valence-electron chi connectivity index (χ3n) is 5.78. The van der Waals surface area contributed by atoms with Gasteiger partial charge in [0, 0.05) is 44.8 Å². The Labute approximate surface area is 204 Å². The summed E-state index contributed by atoms with van der Waals surface area (Å²) in [5, 5.41) is 5.62. The largest absolute Gasteiger partial charge is 0.459 e. The van der Waals surface area contributed by atoms with Crippen LogP contribution >= 0.6 is 0 Å². The second-order valence-electron chi connectivity index (χ2n) is 8.47. The molecule has 3 rings (SSSR count). The van der Waals surface area contributed by atoms with Gasteiger partial charge >= 0.3 is 5.97 Å². The Morgan fingerprint density at radius 2 is 1.71 bits per heavy atom. The Morgan fingerprint density at radius 1 is 1.00 bits per heavy atom. The van der Waals surface area contributed by atoms with Crippen molar-refractivity contribution in [1.82, 2.24) is 15.1 Å². The number of furan rings is 1. The molecule has 1 aromatic carbocycles. The highest BCUT2D eigenvalue weighted by Crippen LogP contribution is 2.19. The minimum absolute atomic E-state index is 0.0866. The van der Waals surface area contributed by atoms with Gasteiger partial charge in [-0.1, -0.05) is 18.2 Å². The fourth-order valence-corrected chi connectivity index (χ4v) is 3.78. The fraction of sp³-hybridized carbons (Fsp3) is 0.440. The number of hydrogen-bond acceptors (Lipinski definition) is 7. The van der Waals surface area contributed by atoms with E-state index in [0.29, 0.717) is 39.1 Å². The first kappa shape index (κ1) is 26.0. The average Bonchev–Trinajstić information content (AvgIpc) is 3.38. The summed E-state index contributed by atoms with van der Waals surface area (Å²) in [6.45, 7) is 6.20. The molecule has 0 spiro atoms. The second kappa shape index (κ2) is 12.7. The van der Waals surface area contributed by atoms with Crippen molar-refractivity contribution in [3.05, 3.63) is 53.5 Å². The number of benzene rings is 1. The van der Waals surface area contributed by atoms with E-state index in [1.807, 2.05) is 36.9 Å². The maximum Gasteiger partial charge on any atom is 0.306 e. The lowest BCUT2D eigenvalue weighted by Gasteiger charge is -2.34. The highest BCUT2D eigenvalue weighted by molar-refractivity contribution is 5.93. The number of piperazine rings is 1. The first-order valence-electron chi connectivity index (χ1n) is 11.7. The van der Waals surface area contributed by atoms with Gasteiger partial charge < -0.3 is 24.7 Å². The van der Waals surface area contributed by atoms with Gasteiger partial charge in [0.15, 0.2) is 12.4 Å². The summed E-state index contributed by atoms with van der Waals surface area (Å²) >= 11 is 0. The minimum Gasteiger partial charge on any atom is -0.459 e. The van der Waals surface area contributed by atoms with Gasteiger partial charge in [0.1, 0.15) is 0 Å². The van der Waals surface area contributed by atoms with E-state index in [1.165, 1.54) is 6.26 Å². The summed E-state index contributed by atoms with van der Waals surface area (Å²) in [5.41, 5.74) is 2.87. The molecule has 0 aliphatic carbocycles. The number of ether oxygens (including phenoxy) is 1. The van der Waals surface area contributed by atoms with Gasteiger partial charge in [-0.05, 0) is 43.5 Å². The number of carbonyl (C=O) groups excluding carboxylic acids is 4. The summed E-state index contributed by atoms with van der Waals surface area (Å²) in [6, 6.07) is 9.04. The zero-order valence-corrected chi connectivity index (χ0v) is 20.2. The zero-order chi connectivity index (χ0) is 25.2. The molecule has 0 unspecified atom stereocenters. The third-order valence-corrected chi connectivity index (χ3v) is 5.78. The Bertz CT molecular complexity index is 1010. The molecule has 35 heavy (non-hydrogen) atoms. The first-order valence-corrected chi connectivity index (χ1v) is 11.7. The summed E-state index contributed by atoms with van der Waals surface area (Å²) in [4.78, 5) is 52.1. The van der Waals surface area contributed by atoms with E-state index in [9.17, 15) is 19.2 Å². The number of para-hydroxylation sites is 1. The summed E-state index contributed by atoms with van der Waals surface area (Å²) in [6.07, 6.45) is 1.89. The summed E-state index contributed by atoms with van der Waals surface area (Å²) < 4.78 is 10.1. The van der Waals surface area contributed by atoms with E-state index in [4.69, 9.17) is 9.15 Å². The summed E-state index contributed by atoms with van der Waals surface area (Å²) in [7, 11) is 0. The number of anilines is 1. The molecule has 1 fully saturated rings. The van der Waals surface area contributed by atoms with Crippen molar-refractivity contribution < 1.29 is 28.3 Å². The summed E-state index contributed by atoms with van der Waals surface area (Å²) in [5.74, 6) is -0.978. The van der Waals surface area contributed by atoms with E-state index < -0.39 is 5.97 Å². The minimum atomic E-state index is -0.493. The van der Waals surface area contributed by atoms with Crippen LogP contribution in [0.2, 0.25) is 0 Å². The van der Waals surface area contributed by atoms with Gasteiger partial charge in [0.25, 0.3) is 11.8 Å².